The van der Waals surface area contributed by atoms with Crippen molar-refractivity contribution in [2.24, 2.45) is 0 Å². The van der Waals surface area contributed by atoms with Crippen molar-refractivity contribution < 1.29 is 14.3 Å². The van der Waals surface area contributed by atoms with Crippen molar-refractivity contribution in [1.29, 1.82) is 0 Å². The highest BCUT2D eigenvalue weighted by Gasteiger charge is 2.12. The van der Waals surface area contributed by atoms with Gasteiger partial charge in [0, 0.05) is 24.8 Å². The molecule has 0 bridgehead atoms. The Labute approximate surface area is 90.6 Å². The lowest BCUT2D eigenvalue weighted by molar-refractivity contribution is -0.136. The lowest BCUT2D eigenvalue weighted by Crippen LogP contribution is -2.36. The van der Waals surface area contributed by atoms with Crippen LogP contribution in [0.15, 0.2) is 11.6 Å². The third kappa shape index (κ3) is 4.44. The summed E-state index contributed by atoms with van der Waals surface area (Å²) in [6.07, 6.45) is 4.10. The predicted molar refractivity (Wildman–Crippen MR) is 57.6 cm³/mol. The van der Waals surface area contributed by atoms with Crippen LogP contribution in [-0.2, 0) is 14.3 Å². The van der Waals surface area contributed by atoms with E-state index in [4.69, 9.17) is 4.74 Å². The van der Waals surface area contributed by atoms with Crippen LogP contribution in [0.25, 0.3) is 0 Å². The highest BCUT2D eigenvalue weighted by atomic mass is 16.5. The van der Waals surface area contributed by atoms with Crippen LogP contribution in [0.1, 0.15) is 19.8 Å². The molecule has 86 valence electrons. The highest BCUT2D eigenvalue weighted by molar-refractivity contribution is 5.87. The third-order valence-electron chi connectivity index (χ3n) is 2.48. The number of methoxy groups -OCH3 is 1. The maximum Gasteiger partial charge on any atom is 0.333 e. The van der Waals surface area contributed by atoms with Crippen LogP contribution in [0.4, 0.5) is 0 Å². The van der Waals surface area contributed by atoms with Crippen LogP contribution in [0.3, 0.4) is 0 Å². The Morgan fingerprint density at radius 2 is 2.47 bits per heavy atom. The molecule has 0 radical (unpaired) electrons. The Morgan fingerprint density at radius 3 is 3.07 bits per heavy atom. The van der Waals surface area contributed by atoms with E-state index < -0.39 is 0 Å². The van der Waals surface area contributed by atoms with Gasteiger partial charge >= 0.3 is 5.97 Å². The van der Waals surface area contributed by atoms with Gasteiger partial charge in [0.15, 0.2) is 0 Å². The molecule has 1 fully saturated rings. The van der Waals surface area contributed by atoms with Crippen molar-refractivity contribution in [1.82, 2.24) is 5.32 Å². The molecule has 1 aliphatic rings. The second-order valence-electron chi connectivity index (χ2n) is 3.70. The van der Waals surface area contributed by atoms with Gasteiger partial charge in [-0.05, 0) is 19.8 Å². The van der Waals surface area contributed by atoms with E-state index in [2.05, 4.69) is 10.1 Å². The second kappa shape index (κ2) is 6.58. The van der Waals surface area contributed by atoms with Crippen molar-refractivity contribution in [3.05, 3.63) is 11.6 Å². The minimum Gasteiger partial charge on any atom is -0.466 e. The van der Waals surface area contributed by atoms with Gasteiger partial charge in [-0.3, -0.25) is 0 Å². The summed E-state index contributed by atoms with van der Waals surface area (Å²) in [4.78, 5) is 11.1. The van der Waals surface area contributed by atoms with Gasteiger partial charge in [-0.25, -0.2) is 4.79 Å². The molecule has 1 heterocycles. The summed E-state index contributed by atoms with van der Waals surface area (Å²) in [6, 6.07) is 0.417. The monoisotopic (exact) mass is 213 g/mol. The van der Waals surface area contributed by atoms with E-state index >= 15 is 0 Å². The molecule has 0 spiro atoms. The molecule has 1 rings (SSSR count). The van der Waals surface area contributed by atoms with Crippen molar-refractivity contribution in [2.75, 3.05) is 26.9 Å². The quantitative estimate of drug-likeness (QED) is 0.556. The maximum atomic E-state index is 11.1. The van der Waals surface area contributed by atoms with E-state index in [0.29, 0.717) is 18.2 Å². The van der Waals surface area contributed by atoms with Crippen LogP contribution >= 0.6 is 0 Å². The summed E-state index contributed by atoms with van der Waals surface area (Å²) in [7, 11) is 1.39. The zero-order valence-corrected chi connectivity index (χ0v) is 9.41. The van der Waals surface area contributed by atoms with Gasteiger partial charge in [-0.1, -0.05) is 6.08 Å². The van der Waals surface area contributed by atoms with Gasteiger partial charge in [0.1, 0.15) is 0 Å². The van der Waals surface area contributed by atoms with Gasteiger partial charge < -0.3 is 14.8 Å². The maximum absolute atomic E-state index is 11.1. The largest absolute Gasteiger partial charge is 0.466 e. The van der Waals surface area contributed by atoms with Crippen LogP contribution in [0.2, 0.25) is 0 Å². The Bertz CT molecular complexity index is 232. The number of hydrogen-bond donors (Lipinski definition) is 1. The highest BCUT2D eigenvalue weighted by Crippen LogP contribution is 2.05. The van der Waals surface area contributed by atoms with E-state index in [9.17, 15) is 4.79 Å². The van der Waals surface area contributed by atoms with E-state index in [-0.39, 0.29) is 5.97 Å². The fraction of sp³-hybridized carbons (Fsp3) is 0.727. The van der Waals surface area contributed by atoms with Gasteiger partial charge in [0.2, 0.25) is 0 Å². The molecule has 15 heavy (non-hydrogen) atoms. The molecule has 1 N–H and O–H groups in total. The minimum atomic E-state index is -0.267. The van der Waals surface area contributed by atoms with Crippen molar-refractivity contribution in [3.8, 4) is 0 Å². The van der Waals surface area contributed by atoms with Gasteiger partial charge in [-0.2, -0.15) is 0 Å². The van der Waals surface area contributed by atoms with Crippen LogP contribution in [0, 0.1) is 0 Å². The summed E-state index contributed by atoms with van der Waals surface area (Å²) >= 11 is 0. The first-order valence-corrected chi connectivity index (χ1v) is 5.30. The van der Waals surface area contributed by atoms with Crippen LogP contribution < -0.4 is 5.32 Å². The molecule has 1 aliphatic heterocycles. The molecule has 0 aromatic heterocycles. The molecule has 1 saturated heterocycles. The van der Waals surface area contributed by atoms with Crippen molar-refractivity contribution in [2.45, 2.75) is 25.8 Å². The molecular weight excluding hydrogens is 194 g/mol. The number of ether oxygens (including phenoxy) is 2. The van der Waals surface area contributed by atoms with E-state index in [1.165, 1.54) is 7.11 Å². The molecule has 1 unspecified atom stereocenters. The Kier molecular flexibility index (Phi) is 5.36. The Balaban J connectivity index is 2.21. The minimum absolute atomic E-state index is 0.267. The zero-order valence-electron chi connectivity index (χ0n) is 9.41. The van der Waals surface area contributed by atoms with E-state index in [1.54, 1.807) is 6.92 Å². The number of hydrogen-bond acceptors (Lipinski definition) is 4. The molecular formula is C11H19NO3. The normalized spacial score (nSPS) is 22.5. The molecule has 0 aromatic rings. The number of carbonyl (C=O) groups excluding carboxylic acids is 1. The topological polar surface area (TPSA) is 47.6 Å². The van der Waals surface area contributed by atoms with Gasteiger partial charge in [-0.15, -0.1) is 0 Å². The van der Waals surface area contributed by atoms with Crippen molar-refractivity contribution >= 4 is 5.97 Å². The predicted octanol–water partition coefficient (Wildman–Crippen LogP) is 0.874. The number of nitrogens with one attached hydrogen (secondary N) is 1. The van der Waals surface area contributed by atoms with E-state index in [0.717, 1.165) is 26.1 Å². The second-order valence-corrected chi connectivity index (χ2v) is 3.70. The van der Waals surface area contributed by atoms with Gasteiger partial charge in [0.25, 0.3) is 0 Å². The molecule has 0 aromatic carbocycles. The zero-order chi connectivity index (χ0) is 11.1. The third-order valence-corrected chi connectivity index (χ3v) is 2.48. The summed E-state index contributed by atoms with van der Waals surface area (Å²) < 4.78 is 9.93. The van der Waals surface area contributed by atoms with Gasteiger partial charge in [0.05, 0.1) is 13.7 Å². The first-order chi connectivity index (χ1) is 7.24. The standard InChI is InChI=1S/C11H19NO3/c1-9(11(13)14-2)5-6-12-10-4-3-7-15-8-10/h5,10,12H,3-4,6-8H2,1-2H3. The molecule has 4 heteroatoms. The number of rotatable bonds is 4. The first-order valence-electron chi connectivity index (χ1n) is 5.30. The number of esters is 1. The lowest BCUT2D eigenvalue weighted by Gasteiger charge is -2.22. The van der Waals surface area contributed by atoms with E-state index in [1.807, 2.05) is 6.08 Å². The van der Waals surface area contributed by atoms with Crippen LogP contribution in [0.5, 0.6) is 0 Å². The van der Waals surface area contributed by atoms with Crippen LogP contribution in [-0.4, -0.2) is 38.9 Å². The summed E-state index contributed by atoms with van der Waals surface area (Å²) in [5.41, 5.74) is 0.640. The summed E-state index contributed by atoms with van der Waals surface area (Å²) in [6.45, 7) is 4.08. The summed E-state index contributed by atoms with van der Waals surface area (Å²) in [5.74, 6) is -0.267. The SMILES string of the molecule is COC(=O)C(C)=CCNC1CCCOC1. The smallest absolute Gasteiger partial charge is 0.333 e. The molecule has 4 nitrogen and oxygen atoms in total. The molecule has 0 saturated carbocycles. The Hall–Kier alpha value is -0.870. The fourth-order valence-corrected chi connectivity index (χ4v) is 1.52. The lowest BCUT2D eigenvalue weighted by atomic mass is 10.1. The molecule has 0 aliphatic carbocycles. The molecule has 0 amide bonds. The first kappa shape index (κ1) is 12.2. The molecule has 1 atom stereocenters. The Morgan fingerprint density at radius 1 is 1.67 bits per heavy atom. The number of carbonyl (C=O) groups is 1. The average molecular weight is 213 g/mol. The summed E-state index contributed by atoms with van der Waals surface area (Å²) in [5, 5.41) is 3.32. The fourth-order valence-electron chi connectivity index (χ4n) is 1.52. The average Bonchev–Trinajstić information content (AvgIpc) is 2.29. The van der Waals surface area contributed by atoms with Crippen molar-refractivity contribution in [3.63, 3.8) is 0 Å².